The quantitative estimate of drug-likeness (QED) is 0.810. The first-order chi connectivity index (χ1) is 8.97. The maximum Gasteiger partial charge on any atom is 0.251 e. The Morgan fingerprint density at radius 1 is 1.32 bits per heavy atom. The zero-order valence-corrected chi connectivity index (χ0v) is 10.9. The number of carbonyl (C=O) groups excluding carboxylic acids is 1. The summed E-state index contributed by atoms with van der Waals surface area (Å²) in [7, 11) is 0. The molecule has 0 bridgehead atoms. The molecule has 0 heterocycles. The Balaban J connectivity index is 2.07. The SMILES string of the molecule is CC1CCCC(NC(=O)c2cc(F)c(N)c(F)c2)C1. The predicted molar refractivity (Wildman–Crippen MR) is 69.7 cm³/mol. The van der Waals surface area contributed by atoms with Crippen LogP contribution in [0.5, 0.6) is 0 Å². The number of nitrogen functional groups attached to an aromatic ring is 1. The van der Waals surface area contributed by atoms with Gasteiger partial charge in [0.05, 0.1) is 0 Å². The van der Waals surface area contributed by atoms with Crippen LogP contribution in [-0.2, 0) is 0 Å². The van der Waals surface area contributed by atoms with Crippen molar-refractivity contribution >= 4 is 11.6 Å². The van der Waals surface area contributed by atoms with E-state index in [9.17, 15) is 13.6 Å². The number of nitrogens with one attached hydrogen (secondary N) is 1. The Kier molecular flexibility index (Phi) is 4.02. The Morgan fingerprint density at radius 3 is 2.53 bits per heavy atom. The Morgan fingerprint density at radius 2 is 1.95 bits per heavy atom. The van der Waals surface area contributed by atoms with Crippen molar-refractivity contribution in [2.24, 2.45) is 5.92 Å². The van der Waals surface area contributed by atoms with Crippen molar-refractivity contribution in [3.05, 3.63) is 29.3 Å². The van der Waals surface area contributed by atoms with Crippen LogP contribution in [0.25, 0.3) is 0 Å². The van der Waals surface area contributed by atoms with Crippen LogP contribution in [0.15, 0.2) is 12.1 Å². The van der Waals surface area contributed by atoms with Crippen molar-refractivity contribution in [3.63, 3.8) is 0 Å². The lowest BCUT2D eigenvalue weighted by Crippen LogP contribution is -2.38. The highest BCUT2D eigenvalue weighted by molar-refractivity contribution is 5.94. The van der Waals surface area contributed by atoms with Gasteiger partial charge in [-0.2, -0.15) is 0 Å². The monoisotopic (exact) mass is 268 g/mol. The van der Waals surface area contributed by atoms with E-state index in [1.54, 1.807) is 0 Å². The number of hydrogen-bond acceptors (Lipinski definition) is 2. The molecule has 0 aliphatic heterocycles. The minimum absolute atomic E-state index is 0.0255. The van der Waals surface area contributed by atoms with E-state index >= 15 is 0 Å². The van der Waals surface area contributed by atoms with Crippen molar-refractivity contribution in [1.29, 1.82) is 0 Å². The minimum atomic E-state index is -0.901. The molecule has 19 heavy (non-hydrogen) atoms. The van der Waals surface area contributed by atoms with Gasteiger partial charge in [-0.05, 0) is 30.9 Å². The summed E-state index contributed by atoms with van der Waals surface area (Å²) in [5.74, 6) is -1.68. The standard InChI is InChI=1S/C14H18F2N2O/c1-8-3-2-4-10(5-8)18-14(19)9-6-11(15)13(17)12(16)7-9/h6-8,10H,2-5,17H2,1H3,(H,18,19). The smallest absolute Gasteiger partial charge is 0.251 e. The Labute approximate surface area is 111 Å². The van der Waals surface area contributed by atoms with Crippen LogP contribution in [0.1, 0.15) is 43.0 Å². The number of carbonyl (C=O) groups is 1. The number of rotatable bonds is 2. The molecule has 0 aromatic heterocycles. The van der Waals surface area contributed by atoms with Crippen LogP contribution in [0, 0.1) is 17.6 Å². The normalized spacial score (nSPS) is 23.1. The molecule has 1 aliphatic carbocycles. The summed E-state index contributed by atoms with van der Waals surface area (Å²) in [6, 6.07) is 2.03. The van der Waals surface area contributed by atoms with Gasteiger partial charge in [0.1, 0.15) is 17.3 Å². The molecule has 0 radical (unpaired) electrons. The summed E-state index contributed by atoms with van der Waals surface area (Å²) < 4.78 is 26.6. The fourth-order valence-corrected chi connectivity index (χ4v) is 2.55. The van der Waals surface area contributed by atoms with E-state index in [-0.39, 0.29) is 11.6 Å². The maximum atomic E-state index is 13.3. The van der Waals surface area contributed by atoms with E-state index in [0.717, 1.165) is 37.8 Å². The molecule has 1 fully saturated rings. The molecule has 2 unspecified atom stereocenters. The van der Waals surface area contributed by atoms with E-state index in [4.69, 9.17) is 5.73 Å². The summed E-state index contributed by atoms with van der Waals surface area (Å²) in [4.78, 5) is 12.0. The molecule has 1 aromatic carbocycles. The first-order valence-electron chi connectivity index (χ1n) is 6.52. The van der Waals surface area contributed by atoms with Crippen LogP contribution >= 0.6 is 0 Å². The van der Waals surface area contributed by atoms with Gasteiger partial charge in [0.15, 0.2) is 0 Å². The third kappa shape index (κ3) is 3.22. The molecule has 0 spiro atoms. The lowest BCUT2D eigenvalue weighted by atomic mass is 9.87. The number of benzene rings is 1. The molecule has 104 valence electrons. The molecule has 3 nitrogen and oxygen atoms in total. The number of anilines is 1. The van der Waals surface area contributed by atoms with E-state index in [1.807, 2.05) is 0 Å². The zero-order chi connectivity index (χ0) is 14.0. The van der Waals surface area contributed by atoms with E-state index < -0.39 is 23.2 Å². The topological polar surface area (TPSA) is 55.1 Å². The van der Waals surface area contributed by atoms with Gasteiger partial charge < -0.3 is 11.1 Å². The van der Waals surface area contributed by atoms with Crippen LogP contribution in [0.3, 0.4) is 0 Å². The van der Waals surface area contributed by atoms with Crippen LogP contribution in [-0.4, -0.2) is 11.9 Å². The highest BCUT2D eigenvalue weighted by atomic mass is 19.1. The fraction of sp³-hybridized carbons (Fsp3) is 0.500. The predicted octanol–water partition coefficient (Wildman–Crippen LogP) is 2.86. The molecule has 3 N–H and O–H groups in total. The Hall–Kier alpha value is -1.65. The van der Waals surface area contributed by atoms with Gasteiger partial charge in [0, 0.05) is 11.6 Å². The fourth-order valence-electron chi connectivity index (χ4n) is 2.55. The van der Waals surface area contributed by atoms with Gasteiger partial charge in [0.2, 0.25) is 0 Å². The third-order valence-electron chi connectivity index (χ3n) is 3.61. The van der Waals surface area contributed by atoms with Gasteiger partial charge >= 0.3 is 0 Å². The highest BCUT2D eigenvalue weighted by Crippen LogP contribution is 2.24. The molecule has 0 saturated heterocycles. The van der Waals surface area contributed by atoms with Gasteiger partial charge in [-0.3, -0.25) is 4.79 Å². The number of amides is 1. The molecule has 1 aromatic rings. The number of nitrogens with two attached hydrogens (primary N) is 1. The molecule has 1 aliphatic rings. The second kappa shape index (κ2) is 5.55. The summed E-state index contributed by atoms with van der Waals surface area (Å²) in [5.41, 5.74) is 4.59. The van der Waals surface area contributed by atoms with Crippen molar-refractivity contribution in [2.45, 2.75) is 38.6 Å². The summed E-state index contributed by atoms with van der Waals surface area (Å²) >= 11 is 0. The van der Waals surface area contributed by atoms with Crippen molar-refractivity contribution in [1.82, 2.24) is 5.32 Å². The van der Waals surface area contributed by atoms with Gasteiger partial charge in [0.25, 0.3) is 5.91 Å². The maximum absolute atomic E-state index is 13.3. The van der Waals surface area contributed by atoms with Crippen LogP contribution < -0.4 is 11.1 Å². The Bertz CT molecular complexity index is 467. The average molecular weight is 268 g/mol. The highest BCUT2D eigenvalue weighted by Gasteiger charge is 2.21. The number of halogens is 2. The van der Waals surface area contributed by atoms with Crippen molar-refractivity contribution < 1.29 is 13.6 Å². The molecule has 1 amide bonds. The first-order valence-corrected chi connectivity index (χ1v) is 6.52. The minimum Gasteiger partial charge on any atom is -0.394 e. The van der Waals surface area contributed by atoms with Crippen LogP contribution in [0.2, 0.25) is 0 Å². The van der Waals surface area contributed by atoms with Gasteiger partial charge in [-0.1, -0.05) is 19.8 Å². The van der Waals surface area contributed by atoms with Gasteiger partial charge in [-0.15, -0.1) is 0 Å². The van der Waals surface area contributed by atoms with Crippen molar-refractivity contribution in [3.8, 4) is 0 Å². The summed E-state index contributed by atoms with van der Waals surface area (Å²) in [5, 5.41) is 2.83. The number of hydrogen-bond donors (Lipinski definition) is 2. The lowest BCUT2D eigenvalue weighted by Gasteiger charge is -2.27. The second-order valence-electron chi connectivity index (χ2n) is 5.30. The molecule has 1 saturated carbocycles. The first kappa shape index (κ1) is 13.8. The molecular weight excluding hydrogens is 250 g/mol. The molecule has 2 rings (SSSR count). The van der Waals surface area contributed by atoms with Crippen LogP contribution in [0.4, 0.5) is 14.5 Å². The second-order valence-corrected chi connectivity index (χ2v) is 5.30. The van der Waals surface area contributed by atoms with E-state index in [2.05, 4.69) is 12.2 Å². The van der Waals surface area contributed by atoms with E-state index in [0.29, 0.717) is 5.92 Å². The van der Waals surface area contributed by atoms with Crippen molar-refractivity contribution in [2.75, 3.05) is 5.73 Å². The summed E-state index contributed by atoms with van der Waals surface area (Å²) in [6.07, 6.45) is 4.05. The average Bonchev–Trinajstić information content (AvgIpc) is 2.35. The largest absolute Gasteiger partial charge is 0.394 e. The third-order valence-corrected chi connectivity index (χ3v) is 3.61. The zero-order valence-electron chi connectivity index (χ0n) is 10.9. The molecule has 2 atom stereocenters. The molecular formula is C14H18F2N2O. The lowest BCUT2D eigenvalue weighted by molar-refractivity contribution is 0.0920. The molecule has 5 heteroatoms. The van der Waals surface area contributed by atoms with E-state index in [1.165, 1.54) is 0 Å². The summed E-state index contributed by atoms with van der Waals surface area (Å²) in [6.45, 7) is 2.14. The van der Waals surface area contributed by atoms with Gasteiger partial charge in [-0.25, -0.2) is 8.78 Å².